The van der Waals surface area contributed by atoms with Crippen LogP contribution < -0.4 is 4.90 Å². The van der Waals surface area contributed by atoms with Gasteiger partial charge in [0.05, 0.1) is 40.8 Å². The second-order valence-corrected chi connectivity index (χ2v) is 6.21. The zero-order valence-corrected chi connectivity index (χ0v) is 13.9. The van der Waals surface area contributed by atoms with Gasteiger partial charge in [-0.25, -0.2) is 0 Å². The van der Waals surface area contributed by atoms with E-state index in [0.29, 0.717) is 24.2 Å². The van der Waals surface area contributed by atoms with Gasteiger partial charge in [0, 0.05) is 12.2 Å². The number of nitriles is 1. The Bertz CT molecular complexity index is 772. The molecule has 0 atom stereocenters. The predicted molar refractivity (Wildman–Crippen MR) is 88.3 cm³/mol. The molecular weight excluding hydrogens is 304 g/mol. The largest absolute Gasteiger partial charge is 0.307 e. The van der Waals surface area contributed by atoms with Crippen LogP contribution >= 0.6 is 0 Å². The lowest BCUT2D eigenvalue weighted by Crippen LogP contribution is -2.31. The summed E-state index contributed by atoms with van der Waals surface area (Å²) in [6.07, 6.45) is 6.41. The predicted octanol–water partition coefficient (Wildman–Crippen LogP) is 2.41. The molecule has 7 heteroatoms. The number of rotatable bonds is 6. The lowest BCUT2D eigenvalue weighted by molar-refractivity contribution is 0.0986. The third-order valence-corrected chi connectivity index (χ3v) is 4.61. The van der Waals surface area contributed by atoms with Crippen LogP contribution in [0, 0.1) is 23.7 Å². The molecule has 24 heavy (non-hydrogen) atoms. The molecule has 1 saturated carbocycles. The molecule has 0 bridgehead atoms. The van der Waals surface area contributed by atoms with E-state index in [2.05, 4.69) is 26.5 Å². The molecular formula is C17H20N6O. The molecule has 0 radical (unpaired) electrons. The van der Waals surface area contributed by atoms with Crippen LogP contribution in [0.25, 0.3) is 0 Å². The number of hydrogen-bond donors (Lipinski definition) is 1. The highest BCUT2D eigenvalue weighted by molar-refractivity contribution is 6.07. The lowest BCUT2D eigenvalue weighted by Gasteiger charge is -2.20. The summed E-state index contributed by atoms with van der Waals surface area (Å²) < 4.78 is 0. The van der Waals surface area contributed by atoms with Gasteiger partial charge in [0.15, 0.2) is 0 Å². The minimum Gasteiger partial charge on any atom is -0.307 e. The van der Waals surface area contributed by atoms with Crippen LogP contribution in [-0.4, -0.2) is 32.8 Å². The van der Waals surface area contributed by atoms with Crippen LogP contribution in [0.2, 0.25) is 0 Å². The maximum absolute atomic E-state index is 13.0. The first-order valence-corrected chi connectivity index (χ1v) is 8.14. The van der Waals surface area contributed by atoms with Gasteiger partial charge in [0.25, 0.3) is 5.91 Å². The molecule has 2 heterocycles. The number of aromatic nitrogens is 4. The van der Waals surface area contributed by atoms with Crippen molar-refractivity contribution < 1.29 is 4.79 Å². The Morgan fingerprint density at radius 2 is 2.25 bits per heavy atom. The summed E-state index contributed by atoms with van der Waals surface area (Å²) in [5.41, 5.74) is 2.59. The number of carbonyl (C=O) groups excluding carboxylic acids is 1. The van der Waals surface area contributed by atoms with Crippen LogP contribution in [-0.2, 0) is 6.42 Å². The van der Waals surface area contributed by atoms with E-state index in [-0.39, 0.29) is 11.3 Å². The number of hydrogen-bond acceptors (Lipinski definition) is 5. The van der Waals surface area contributed by atoms with Gasteiger partial charge in [0.2, 0.25) is 0 Å². The Hall–Kier alpha value is -2.75. The Kier molecular flexibility index (Phi) is 4.30. The number of carbonyl (C=O) groups is 1. The maximum atomic E-state index is 13.0. The molecule has 2 aromatic heterocycles. The Morgan fingerprint density at radius 1 is 1.46 bits per heavy atom. The minimum atomic E-state index is -0.202. The van der Waals surface area contributed by atoms with E-state index < -0.39 is 0 Å². The second kappa shape index (κ2) is 6.40. The molecule has 124 valence electrons. The molecule has 1 fully saturated rings. The van der Waals surface area contributed by atoms with Gasteiger partial charge in [0.1, 0.15) is 0 Å². The van der Waals surface area contributed by atoms with Gasteiger partial charge in [-0.2, -0.15) is 20.6 Å². The molecule has 2 aromatic rings. The van der Waals surface area contributed by atoms with Crippen molar-refractivity contribution in [2.24, 2.45) is 5.41 Å². The first-order valence-electron chi connectivity index (χ1n) is 8.14. The third-order valence-electron chi connectivity index (χ3n) is 4.61. The number of aryl methyl sites for hydroxylation is 2. The fourth-order valence-electron chi connectivity index (χ4n) is 2.89. The zero-order chi connectivity index (χ0) is 17.2. The summed E-state index contributed by atoms with van der Waals surface area (Å²) in [5.74, 6) is -0.103. The number of nitrogens with one attached hydrogen (secondary N) is 1. The molecule has 0 saturated heterocycles. The van der Waals surface area contributed by atoms with Gasteiger partial charge in [-0.3, -0.25) is 9.89 Å². The van der Waals surface area contributed by atoms with E-state index in [4.69, 9.17) is 0 Å². The fourth-order valence-corrected chi connectivity index (χ4v) is 2.89. The molecule has 0 aliphatic heterocycles. The van der Waals surface area contributed by atoms with E-state index in [9.17, 15) is 10.1 Å². The average Bonchev–Trinajstić information content (AvgIpc) is 3.30. The normalized spacial score (nSPS) is 14.9. The second-order valence-electron chi connectivity index (χ2n) is 6.21. The van der Waals surface area contributed by atoms with Crippen molar-refractivity contribution in [2.45, 2.75) is 39.5 Å². The number of H-pyrrole nitrogens is 1. The van der Waals surface area contributed by atoms with Gasteiger partial charge >= 0.3 is 0 Å². The smallest absolute Gasteiger partial charge is 0.262 e. The third kappa shape index (κ3) is 3.00. The van der Waals surface area contributed by atoms with Gasteiger partial charge < -0.3 is 4.90 Å². The van der Waals surface area contributed by atoms with Crippen molar-refractivity contribution in [3.8, 4) is 6.07 Å². The molecule has 1 aliphatic rings. The van der Waals surface area contributed by atoms with Gasteiger partial charge in [-0.1, -0.05) is 0 Å². The summed E-state index contributed by atoms with van der Waals surface area (Å²) >= 11 is 0. The van der Waals surface area contributed by atoms with Crippen LogP contribution in [0.4, 0.5) is 5.69 Å². The Morgan fingerprint density at radius 3 is 2.83 bits per heavy atom. The van der Waals surface area contributed by atoms with Crippen LogP contribution in [0.3, 0.4) is 0 Å². The lowest BCUT2D eigenvalue weighted by atomic mass is 9.98. The summed E-state index contributed by atoms with van der Waals surface area (Å²) in [4.78, 5) is 14.7. The summed E-state index contributed by atoms with van der Waals surface area (Å²) in [6, 6.07) is 4.15. The van der Waals surface area contributed by atoms with Crippen LogP contribution in [0.15, 0.2) is 18.5 Å². The van der Waals surface area contributed by atoms with Crippen molar-refractivity contribution in [2.75, 3.05) is 11.4 Å². The fraction of sp³-hybridized carbons (Fsp3) is 0.471. The van der Waals surface area contributed by atoms with Gasteiger partial charge in [-0.15, -0.1) is 0 Å². The molecule has 7 nitrogen and oxygen atoms in total. The van der Waals surface area contributed by atoms with E-state index in [1.807, 2.05) is 13.8 Å². The number of aromatic amines is 1. The molecule has 1 N–H and O–H groups in total. The van der Waals surface area contributed by atoms with Gasteiger partial charge in [-0.05, 0) is 45.6 Å². The van der Waals surface area contributed by atoms with Crippen molar-refractivity contribution in [1.82, 2.24) is 20.4 Å². The standard InChI is InChI=1S/C17H20N6O/c1-3-23(13-5-9-19-20-10-13)16(24)15-12(2)21-22-14(15)4-6-17(11-18)7-8-17/h5,9-10H,3-4,6-8H2,1-2H3,(H,21,22). The Balaban J connectivity index is 1.84. The monoisotopic (exact) mass is 324 g/mol. The summed E-state index contributed by atoms with van der Waals surface area (Å²) in [6.45, 7) is 4.29. The zero-order valence-electron chi connectivity index (χ0n) is 13.9. The molecule has 3 rings (SSSR count). The Labute approximate surface area is 140 Å². The van der Waals surface area contributed by atoms with E-state index in [0.717, 1.165) is 30.7 Å². The van der Waals surface area contributed by atoms with Crippen molar-refractivity contribution in [1.29, 1.82) is 5.26 Å². The average molecular weight is 324 g/mol. The number of nitrogens with zero attached hydrogens (tertiary/aromatic N) is 5. The number of amides is 1. The highest BCUT2D eigenvalue weighted by Crippen LogP contribution is 2.48. The SMILES string of the molecule is CCN(C(=O)c1c(CCC2(C#N)CC2)n[nH]c1C)c1ccnnc1. The topological polar surface area (TPSA) is 98.6 Å². The summed E-state index contributed by atoms with van der Waals surface area (Å²) in [5, 5.41) is 24.0. The van der Waals surface area contributed by atoms with Crippen LogP contribution in [0.5, 0.6) is 0 Å². The van der Waals surface area contributed by atoms with Crippen molar-refractivity contribution in [3.05, 3.63) is 35.4 Å². The van der Waals surface area contributed by atoms with E-state index >= 15 is 0 Å². The van der Waals surface area contributed by atoms with E-state index in [1.165, 1.54) is 0 Å². The van der Waals surface area contributed by atoms with Crippen LogP contribution in [0.1, 0.15) is 47.9 Å². The molecule has 0 aromatic carbocycles. The molecule has 1 aliphatic carbocycles. The first-order chi connectivity index (χ1) is 11.6. The molecule has 0 unspecified atom stereocenters. The highest BCUT2D eigenvalue weighted by Gasteiger charge is 2.42. The molecule has 0 spiro atoms. The molecule has 1 amide bonds. The van der Waals surface area contributed by atoms with Crippen molar-refractivity contribution in [3.63, 3.8) is 0 Å². The minimum absolute atomic E-state index is 0.103. The maximum Gasteiger partial charge on any atom is 0.262 e. The van der Waals surface area contributed by atoms with Crippen molar-refractivity contribution >= 4 is 11.6 Å². The first kappa shape index (κ1) is 16.1. The highest BCUT2D eigenvalue weighted by atomic mass is 16.2. The summed E-state index contributed by atoms with van der Waals surface area (Å²) in [7, 11) is 0. The number of anilines is 1. The quantitative estimate of drug-likeness (QED) is 0.879. The van der Waals surface area contributed by atoms with E-state index in [1.54, 1.807) is 23.4 Å².